The van der Waals surface area contributed by atoms with Gasteiger partial charge >= 0.3 is 0 Å². The Morgan fingerprint density at radius 2 is 2.36 bits per heavy atom. The Hall–Kier alpha value is -0.610. The first-order valence-electron chi connectivity index (χ1n) is 5.39. The highest BCUT2D eigenvalue weighted by Gasteiger charge is 2.39. The van der Waals surface area contributed by atoms with Gasteiger partial charge in [-0.3, -0.25) is 4.79 Å². The maximum absolute atomic E-state index is 11.8. The first-order valence-corrected chi connectivity index (χ1v) is 5.39. The summed E-state index contributed by atoms with van der Waals surface area (Å²) in [6, 6.07) is 0. The summed E-state index contributed by atoms with van der Waals surface area (Å²) < 4.78 is 0. The standard InChI is InChI=1S/C10H18N2O2/c13-7-10(3-1-4-10)12-9(14)8-2-5-11-6-8/h8,11,13H,1-7H2,(H,12,14). The molecular weight excluding hydrogens is 180 g/mol. The molecule has 1 unspecified atom stereocenters. The van der Waals surface area contributed by atoms with Crippen LogP contribution in [-0.4, -0.2) is 36.2 Å². The summed E-state index contributed by atoms with van der Waals surface area (Å²) in [6.07, 6.45) is 3.89. The monoisotopic (exact) mass is 198 g/mol. The van der Waals surface area contributed by atoms with Crippen molar-refractivity contribution in [1.29, 1.82) is 0 Å². The van der Waals surface area contributed by atoms with Crippen LogP contribution in [0.5, 0.6) is 0 Å². The molecule has 1 saturated heterocycles. The molecule has 1 heterocycles. The van der Waals surface area contributed by atoms with Crippen molar-refractivity contribution in [3.8, 4) is 0 Å². The number of aliphatic hydroxyl groups is 1. The van der Waals surface area contributed by atoms with Crippen molar-refractivity contribution in [1.82, 2.24) is 10.6 Å². The van der Waals surface area contributed by atoms with Crippen molar-refractivity contribution >= 4 is 5.91 Å². The first kappa shape index (κ1) is 9.93. The van der Waals surface area contributed by atoms with E-state index < -0.39 is 0 Å². The van der Waals surface area contributed by atoms with Gasteiger partial charge in [-0.05, 0) is 32.2 Å². The Balaban J connectivity index is 1.86. The molecule has 3 N–H and O–H groups in total. The molecule has 2 aliphatic rings. The van der Waals surface area contributed by atoms with Crippen LogP contribution in [0.1, 0.15) is 25.7 Å². The number of carbonyl (C=O) groups excluding carboxylic acids is 1. The zero-order valence-corrected chi connectivity index (χ0v) is 8.38. The molecule has 0 aromatic heterocycles. The van der Waals surface area contributed by atoms with E-state index in [0.29, 0.717) is 0 Å². The number of hydrogen-bond acceptors (Lipinski definition) is 3. The van der Waals surface area contributed by atoms with Crippen molar-refractivity contribution in [2.75, 3.05) is 19.7 Å². The zero-order chi connectivity index (χ0) is 10.0. The molecule has 2 fully saturated rings. The number of aliphatic hydroxyl groups excluding tert-OH is 1. The fourth-order valence-electron chi connectivity index (χ4n) is 2.17. The lowest BCUT2D eigenvalue weighted by Gasteiger charge is -2.41. The number of carbonyl (C=O) groups is 1. The molecule has 0 spiro atoms. The van der Waals surface area contributed by atoms with Gasteiger partial charge in [-0.15, -0.1) is 0 Å². The first-order chi connectivity index (χ1) is 6.76. The Kier molecular flexibility index (Phi) is 2.74. The molecule has 1 saturated carbocycles. The minimum Gasteiger partial charge on any atom is -0.394 e. The van der Waals surface area contributed by atoms with E-state index in [2.05, 4.69) is 10.6 Å². The second-order valence-electron chi connectivity index (χ2n) is 4.47. The van der Waals surface area contributed by atoms with Gasteiger partial charge in [-0.1, -0.05) is 0 Å². The zero-order valence-electron chi connectivity index (χ0n) is 8.38. The van der Waals surface area contributed by atoms with Crippen LogP contribution in [0.25, 0.3) is 0 Å². The topological polar surface area (TPSA) is 61.4 Å². The molecule has 1 atom stereocenters. The fraction of sp³-hybridized carbons (Fsp3) is 0.900. The molecule has 0 bridgehead atoms. The lowest BCUT2D eigenvalue weighted by molar-refractivity contribution is -0.128. The van der Waals surface area contributed by atoms with Gasteiger partial charge in [0.1, 0.15) is 0 Å². The summed E-state index contributed by atoms with van der Waals surface area (Å²) in [7, 11) is 0. The maximum Gasteiger partial charge on any atom is 0.224 e. The number of hydrogen-bond donors (Lipinski definition) is 3. The number of rotatable bonds is 3. The molecule has 1 aliphatic carbocycles. The lowest BCUT2D eigenvalue weighted by atomic mass is 9.77. The Morgan fingerprint density at radius 3 is 2.79 bits per heavy atom. The average molecular weight is 198 g/mol. The number of amides is 1. The van der Waals surface area contributed by atoms with Gasteiger partial charge in [0.05, 0.1) is 18.1 Å². The molecule has 4 nitrogen and oxygen atoms in total. The van der Waals surface area contributed by atoms with E-state index in [0.717, 1.165) is 38.8 Å². The molecular formula is C10H18N2O2. The lowest BCUT2D eigenvalue weighted by Crippen LogP contribution is -2.57. The van der Waals surface area contributed by atoms with E-state index in [1.807, 2.05) is 0 Å². The van der Waals surface area contributed by atoms with Crippen molar-refractivity contribution < 1.29 is 9.90 Å². The third-order valence-corrected chi connectivity index (χ3v) is 3.43. The minimum absolute atomic E-state index is 0.0822. The van der Waals surface area contributed by atoms with Crippen molar-refractivity contribution in [3.63, 3.8) is 0 Å². The third-order valence-electron chi connectivity index (χ3n) is 3.43. The van der Waals surface area contributed by atoms with Crippen LogP contribution >= 0.6 is 0 Å². The van der Waals surface area contributed by atoms with Crippen LogP contribution in [0.15, 0.2) is 0 Å². The molecule has 4 heteroatoms. The molecule has 0 aromatic rings. The molecule has 14 heavy (non-hydrogen) atoms. The van der Waals surface area contributed by atoms with Gasteiger partial charge in [0.25, 0.3) is 0 Å². The molecule has 1 aliphatic heterocycles. The number of nitrogens with one attached hydrogen (secondary N) is 2. The Morgan fingerprint density at radius 1 is 1.57 bits per heavy atom. The minimum atomic E-state index is -0.278. The summed E-state index contributed by atoms with van der Waals surface area (Å²) >= 11 is 0. The summed E-state index contributed by atoms with van der Waals surface area (Å²) in [6.45, 7) is 1.80. The quantitative estimate of drug-likeness (QED) is 0.579. The third kappa shape index (κ3) is 1.77. The van der Waals surface area contributed by atoms with Crippen molar-refractivity contribution in [2.45, 2.75) is 31.2 Å². The SMILES string of the molecule is O=C(NC1(CO)CCC1)C1CCNC1. The predicted octanol–water partition coefficient (Wildman–Crippen LogP) is -0.373. The summed E-state index contributed by atoms with van der Waals surface area (Å²) in [5.74, 6) is 0.225. The van der Waals surface area contributed by atoms with Crippen molar-refractivity contribution in [3.05, 3.63) is 0 Å². The maximum atomic E-state index is 11.8. The Labute approximate surface area is 84.1 Å². The second kappa shape index (κ2) is 3.87. The highest BCUT2D eigenvalue weighted by molar-refractivity contribution is 5.80. The van der Waals surface area contributed by atoms with E-state index in [4.69, 9.17) is 0 Å². The highest BCUT2D eigenvalue weighted by Crippen LogP contribution is 2.31. The van der Waals surface area contributed by atoms with Crippen LogP contribution in [0, 0.1) is 5.92 Å². The average Bonchev–Trinajstić information content (AvgIpc) is 2.63. The summed E-state index contributed by atoms with van der Waals surface area (Å²) in [5, 5.41) is 15.4. The highest BCUT2D eigenvalue weighted by atomic mass is 16.3. The normalized spacial score (nSPS) is 29.6. The van der Waals surface area contributed by atoms with Crippen LogP contribution in [0.2, 0.25) is 0 Å². The van der Waals surface area contributed by atoms with Crippen LogP contribution < -0.4 is 10.6 Å². The van der Waals surface area contributed by atoms with Crippen LogP contribution in [0.3, 0.4) is 0 Å². The van der Waals surface area contributed by atoms with Crippen molar-refractivity contribution in [2.24, 2.45) is 5.92 Å². The predicted molar refractivity (Wildman–Crippen MR) is 52.8 cm³/mol. The van der Waals surface area contributed by atoms with Gasteiger partial charge in [0.2, 0.25) is 5.91 Å². The molecule has 80 valence electrons. The van der Waals surface area contributed by atoms with Gasteiger partial charge in [0, 0.05) is 6.54 Å². The smallest absolute Gasteiger partial charge is 0.224 e. The van der Waals surface area contributed by atoms with Gasteiger partial charge in [0.15, 0.2) is 0 Å². The van der Waals surface area contributed by atoms with E-state index in [1.54, 1.807) is 0 Å². The van der Waals surface area contributed by atoms with Gasteiger partial charge in [-0.25, -0.2) is 0 Å². The largest absolute Gasteiger partial charge is 0.394 e. The Bertz CT molecular complexity index is 215. The molecule has 0 aromatic carbocycles. The molecule has 2 rings (SSSR count). The fourth-order valence-corrected chi connectivity index (χ4v) is 2.17. The second-order valence-corrected chi connectivity index (χ2v) is 4.47. The van der Waals surface area contributed by atoms with Crippen LogP contribution in [-0.2, 0) is 4.79 Å². The van der Waals surface area contributed by atoms with Gasteiger partial charge in [-0.2, -0.15) is 0 Å². The summed E-state index contributed by atoms with van der Waals surface area (Å²) in [5.41, 5.74) is -0.278. The van der Waals surface area contributed by atoms with E-state index in [-0.39, 0.29) is 24.0 Å². The van der Waals surface area contributed by atoms with E-state index in [1.165, 1.54) is 0 Å². The van der Waals surface area contributed by atoms with Crippen LogP contribution in [0.4, 0.5) is 0 Å². The summed E-state index contributed by atoms with van der Waals surface area (Å²) in [4.78, 5) is 11.8. The molecule has 0 radical (unpaired) electrons. The van der Waals surface area contributed by atoms with E-state index >= 15 is 0 Å². The van der Waals surface area contributed by atoms with E-state index in [9.17, 15) is 9.90 Å². The van der Waals surface area contributed by atoms with Gasteiger partial charge < -0.3 is 15.7 Å². The molecule has 1 amide bonds.